The van der Waals surface area contributed by atoms with Gasteiger partial charge in [0.25, 0.3) is 0 Å². The van der Waals surface area contributed by atoms with Crippen molar-refractivity contribution in [2.24, 2.45) is 0 Å². The summed E-state index contributed by atoms with van der Waals surface area (Å²) in [5.74, 6) is 3.23. The van der Waals surface area contributed by atoms with Gasteiger partial charge in [0.15, 0.2) is 5.69 Å². The van der Waals surface area contributed by atoms with E-state index in [-0.39, 0.29) is 5.16 Å². The second-order valence-corrected chi connectivity index (χ2v) is 4.20. The fourth-order valence-electron chi connectivity index (χ4n) is 0.953. The fourth-order valence-corrected chi connectivity index (χ4v) is 1.71. The number of alkyl halides is 3. The molecule has 1 aromatic heterocycles. The summed E-state index contributed by atoms with van der Waals surface area (Å²) in [6, 6.07) is 0. The quantitative estimate of drug-likeness (QED) is 0.464. The van der Waals surface area contributed by atoms with Crippen LogP contribution in [0.25, 0.3) is 0 Å². The van der Waals surface area contributed by atoms with Crippen LogP contribution in [0.5, 0.6) is 0 Å². The molecule has 0 aliphatic heterocycles. The largest absolute Gasteiger partial charge is 0.436 e. The van der Waals surface area contributed by atoms with Crippen molar-refractivity contribution in [3.8, 4) is 12.3 Å². The van der Waals surface area contributed by atoms with Gasteiger partial charge in [0.1, 0.15) is 0 Å². The molecule has 0 saturated carbocycles. The Balaban J connectivity index is 2.39. The minimum Gasteiger partial charge on any atom is -0.227 e. The van der Waals surface area contributed by atoms with Gasteiger partial charge in [0.2, 0.25) is 5.16 Å². The molecular weight excluding hydrogens is 251 g/mol. The molecule has 3 nitrogen and oxygen atoms in total. The van der Waals surface area contributed by atoms with Gasteiger partial charge in [-0.15, -0.1) is 22.5 Å². The van der Waals surface area contributed by atoms with Crippen LogP contribution in [0.3, 0.4) is 0 Å². The van der Waals surface area contributed by atoms with E-state index >= 15 is 0 Å². The Kier molecular flexibility index (Phi) is 5.22. The van der Waals surface area contributed by atoms with Gasteiger partial charge in [-0.2, -0.15) is 13.2 Å². The highest BCUT2D eigenvalue weighted by Gasteiger charge is 2.33. The first-order valence-corrected chi connectivity index (χ1v) is 5.86. The van der Waals surface area contributed by atoms with E-state index in [9.17, 15) is 13.2 Å². The highest BCUT2D eigenvalue weighted by molar-refractivity contribution is 7.99. The lowest BCUT2D eigenvalue weighted by Crippen LogP contribution is -2.10. The third kappa shape index (κ3) is 5.04. The van der Waals surface area contributed by atoms with Crippen molar-refractivity contribution >= 4 is 11.8 Å². The van der Waals surface area contributed by atoms with Crippen LogP contribution in [0.15, 0.2) is 11.4 Å². The van der Waals surface area contributed by atoms with Gasteiger partial charge >= 0.3 is 6.18 Å². The summed E-state index contributed by atoms with van der Waals surface area (Å²) >= 11 is 1.27. The summed E-state index contributed by atoms with van der Waals surface area (Å²) < 4.78 is 36.4. The summed E-state index contributed by atoms with van der Waals surface area (Å²) in [5, 5.41) is 6.73. The number of nitrogens with zero attached hydrogens (tertiary/aromatic N) is 3. The van der Waals surface area contributed by atoms with Crippen molar-refractivity contribution in [1.82, 2.24) is 15.2 Å². The number of aromatic nitrogens is 3. The van der Waals surface area contributed by atoms with E-state index in [1.807, 2.05) is 0 Å². The number of unbranched alkanes of at least 4 members (excludes halogenated alkanes) is 2. The molecule has 0 atom stereocenters. The van der Waals surface area contributed by atoms with Gasteiger partial charge < -0.3 is 0 Å². The monoisotopic (exact) mass is 261 g/mol. The lowest BCUT2D eigenvalue weighted by Gasteiger charge is -2.04. The smallest absolute Gasteiger partial charge is 0.227 e. The molecule has 0 aliphatic rings. The van der Waals surface area contributed by atoms with Gasteiger partial charge in [-0.3, -0.25) is 0 Å². The Morgan fingerprint density at radius 3 is 2.59 bits per heavy atom. The third-order valence-corrected chi connectivity index (χ3v) is 2.72. The van der Waals surface area contributed by atoms with Crippen molar-refractivity contribution < 1.29 is 13.2 Å². The Bertz CT molecular complexity index is 383. The average molecular weight is 261 g/mol. The molecule has 0 bridgehead atoms. The van der Waals surface area contributed by atoms with Crippen LogP contribution in [0.2, 0.25) is 0 Å². The van der Waals surface area contributed by atoms with E-state index in [1.54, 1.807) is 0 Å². The maximum absolute atomic E-state index is 12.1. The van der Waals surface area contributed by atoms with Crippen LogP contribution in [0.1, 0.15) is 25.0 Å². The Hall–Kier alpha value is -1.29. The number of terminal acetylenes is 1. The molecule has 0 aromatic carbocycles. The van der Waals surface area contributed by atoms with Crippen LogP contribution in [-0.4, -0.2) is 20.9 Å². The fraction of sp³-hybridized carbons (Fsp3) is 0.500. The maximum Gasteiger partial charge on any atom is 0.436 e. The Morgan fingerprint density at radius 2 is 2.06 bits per heavy atom. The third-order valence-electron chi connectivity index (χ3n) is 1.78. The van der Waals surface area contributed by atoms with Crippen molar-refractivity contribution in [3.63, 3.8) is 0 Å². The van der Waals surface area contributed by atoms with Crippen molar-refractivity contribution in [2.45, 2.75) is 30.6 Å². The van der Waals surface area contributed by atoms with Crippen molar-refractivity contribution in [1.29, 1.82) is 0 Å². The van der Waals surface area contributed by atoms with Crippen LogP contribution < -0.4 is 0 Å². The molecule has 0 aliphatic carbocycles. The summed E-state index contributed by atoms with van der Waals surface area (Å²) in [7, 11) is 0. The maximum atomic E-state index is 12.1. The van der Waals surface area contributed by atoms with E-state index in [0.717, 1.165) is 12.8 Å². The molecule has 0 saturated heterocycles. The van der Waals surface area contributed by atoms with Gasteiger partial charge in [0.05, 0.1) is 6.20 Å². The normalized spacial score (nSPS) is 11.2. The molecule has 0 spiro atoms. The molecular formula is C10H10F3N3S. The molecule has 0 unspecified atom stereocenters. The first-order chi connectivity index (χ1) is 8.04. The zero-order chi connectivity index (χ0) is 12.7. The van der Waals surface area contributed by atoms with E-state index in [4.69, 9.17) is 6.42 Å². The van der Waals surface area contributed by atoms with Gasteiger partial charge in [0, 0.05) is 12.2 Å². The van der Waals surface area contributed by atoms with Crippen LogP contribution in [-0.2, 0) is 6.18 Å². The van der Waals surface area contributed by atoms with Crippen molar-refractivity contribution in [3.05, 3.63) is 11.9 Å². The molecule has 7 heteroatoms. The molecule has 1 rings (SSSR count). The Labute approximate surface area is 101 Å². The predicted molar refractivity (Wildman–Crippen MR) is 58.2 cm³/mol. The second-order valence-electron chi connectivity index (χ2n) is 3.13. The Morgan fingerprint density at radius 1 is 1.29 bits per heavy atom. The summed E-state index contributed by atoms with van der Waals surface area (Å²) in [5.41, 5.74) is -1.07. The molecule has 0 radical (unpaired) electrons. The van der Waals surface area contributed by atoms with Gasteiger partial charge in [-0.25, -0.2) is 4.98 Å². The highest BCUT2D eigenvalue weighted by Crippen LogP contribution is 2.26. The molecule has 0 fully saturated rings. The SMILES string of the molecule is C#CCCCCSc1ncc(C(F)(F)F)nn1. The molecule has 17 heavy (non-hydrogen) atoms. The molecule has 1 aromatic rings. The van der Waals surface area contributed by atoms with Gasteiger partial charge in [-0.05, 0) is 12.8 Å². The number of hydrogen-bond donors (Lipinski definition) is 0. The number of thioether (sulfide) groups is 1. The first kappa shape index (κ1) is 13.8. The predicted octanol–water partition coefficient (Wildman–Crippen LogP) is 2.79. The van der Waals surface area contributed by atoms with E-state index in [0.29, 0.717) is 18.4 Å². The topological polar surface area (TPSA) is 38.7 Å². The summed E-state index contributed by atoms with van der Waals surface area (Å²) in [6.45, 7) is 0. The highest BCUT2D eigenvalue weighted by atomic mass is 32.2. The lowest BCUT2D eigenvalue weighted by atomic mass is 10.3. The molecule has 92 valence electrons. The van der Waals surface area contributed by atoms with Crippen LogP contribution in [0.4, 0.5) is 13.2 Å². The number of halogens is 3. The molecule has 1 heterocycles. The number of hydrogen-bond acceptors (Lipinski definition) is 4. The van der Waals surface area contributed by atoms with E-state index < -0.39 is 11.9 Å². The number of rotatable bonds is 5. The lowest BCUT2D eigenvalue weighted by molar-refractivity contribution is -0.142. The molecule has 0 N–H and O–H groups in total. The molecule has 0 amide bonds. The second kappa shape index (κ2) is 6.45. The minimum atomic E-state index is -4.49. The summed E-state index contributed by atoms with van der Waals surface area (Å²) in [6.07, 6.45) is 3.74. The first-order valence-electron chi connectivity index (χ1n) is 4.87. The van der Waals surface area contributed by atoms with Gasteiger partial charge in [-0.1, -0.05) is 11.8 Å². The standard InChI is InChI=1S/C10H10F3N3S/c1-2-3-4-5-6-17-9-14-7-8(15-16-9)10(11,12)13/h1,7H,3-6H2. The zero-order valence-electron chi connectivity index (χ0n) is 8.87. The minimum absolute atomic E-state index is 0.249. The average Bonchev–Trinajstić information content (AvgIpc) is 2.28. The summed E-state index contributed by atoms with van der Waals surface area (Å²) in [4.78, 5) is 3.59. The van der Waals surface area contributed by atoms with Crippen molar-refractivity contribution in [2.75, 3.05) is 5.75 Å². The van der Waals surface area contributed by atoms with Crippen LogP contribution >= 0.6 is 11.8 Å². The van der Waals surface area contributed by atoms with E-state index in [2.05, 4.69) is 21.1 Å². The van der Waals surface area contributed by atoms with Crippen LogP contribution in [0, 0.1) is 12.3 Å². The van der Waals surface area contributed by atoms with E-state index in [1.165, 1.54) is 11.8 Å². The zero-order valence-corrected chi connectivity index (χ0v) is 9.68.